The number of nitrogens with zero attached hydrogens (tertiary/aromatic N) is 1. The molecule has 0 spiro atoms. The molecule has 1 aliphatic rings. The first-order valence-corrected chi connectivity index (χ1v) is 7.37. The second-order valence-electron chi connectivity index (χ2n) is 4.21. The lowest BCUT2D eigenvalue weighted by Gasteiger charge is -2.29. The van der Waals surface area contributed by atoms with Gasteiger partial charge in [-0.15, -0.1) is 0 Å². The molecule has 1 fully saturated rings. The van der Waals surface area contributed by atoms with E-state index in [2.05, 4.69) is 0 Å². The second kappa shape index (κ2) is 5.13. The zero-order valence-corrected chi connectivity index (χ0v) is 11.1. The molecule has 0 saturated carbocycles. The minimum atomic E-state index is -3.93. The third-order valence-corrected chi connectivity index (χ3v) is 5.07. The number of halogens is 2. The van der Waals surface area contributed by atoms with Gasteiger partial charge >= 0.3 is 0 Å². The predicted molar refractivity (Wildman–Crippen MR) is 65.4 cm³/mol. The van der Waals surface area contributed by atoms with Crippen LogP contribution in [-0.4, -0.2) is 37.0 Å². The van der Waals surface area contributed by atoms with Crippen molar-refractivity contribution in [2.45, 2.75) is 23.8 Å². The highest BCUT2D eigenvalue weighted by atomic mass is 35.5. The number of aliphatic hydroxyl groups is 1. The van der Waals surface area contributed by atoms with Gasteiger partial charge in [0.1, 0.15) is 4.90 Å². The van der Waals surface area contributed by atoms with Gasteiger partial charge < -0.3 is 5.11 Å². The molecule has 1 saturated heterocycles. The number of hydrogen-bond acceptors (Lipinski definition) is 3. The van der Waals surface area contributed by atoms with Gasteiger partial charge in [0.15, 0.2) is 5.82 Å². The minimum Gasteiger partial charge on any atom is -0.392 e. The van der Waals surface area contributed by atoms with E-state index in [1.807, 2.05) is 0 Å². The largest absolute Gasteiger partial charge is 0.392 e. The maximum Gasteiger partial charge on any atom is 0.246 e. The molecule has 1 aliphatic heterocycles. The summed E-state index contributed by atoms with van der Waals surface area (Å²) in [6.45, 7) is 0.277. The molecule has 1 aromatic rings. The summed E-state index contributed by atoms with van der Waals surface area (Å²) in [7, 11) is -3.93. The molecule has 1 heterocycles. The zero-order chi connectivity index (χ0) is 13.3. The molecule has 0 amide bonds. The molecule has 2 rings (SSSR count). The molecule has 7 heteroatoms. The lowest BCUT2D eigenvalue weighted by molar-refractivity contribution is 0.108. The van der Waals surface area contributed by atoms with E-state index in [1.165, 1.54) is 18.2 Å². The number of hydrogen-bond donors (Lipinski definition) is 1. The Morgan fingerprint density at radius 1 is 1.44 bits per heavy atom. The van der Waals surface area contributed by atoms with Crippen LogP contribution in [0.5, 0.6) is 0 Å². The molecule has 0 aromatic heterocycles. The second-order valence-corrected chi connectivity index (χ2v) is 6.52. The fourth-order valence-corrected chi connectivity index (χ4v) is 3.80. The average Bonchev–Trinajstić information content (AvgIpc) is 2.32. The molecular weight excluding hydrogens is 281 g/mol. The van der Waals surface area contributed by atoms with Gasteiger partial charge in [-0.25, -0.2) is 12.8 Å². The van der Waals surface area contributed by atoms with E-state index in [-0.39, 0.29) is 18.1 Å². The van der Waals surface area contributed by atoms with Gasteiger partial charge in [-0.2, -0.15) is 4.31 Å². The third-order valence-electron chi connectivity index (χ3n) is 2.89. The molecule has 100 valence electrons. The Kier molecular flexibility index (Phi) is 3.91. The minimum absolute atomic E-state index is 0.00567. The van der Waals surface area contributed by atoms with Crippen molar-refractivity contribution in [1.82, 2.24) is 4.31 Å². The first-order valence-electron chi connectivity index (χ1n) is 5.55. The lowest BCUT2D eigenvalue weighted by Crippen LogP contribution is -2.42. The number of sulfonamides is 1. The fraction of sp³-hybridized carbons (Fsp3) is 0.455. The zero-order valence-electron chi connectivity index (χ0n) is 9.51. The van der Waals surface area contributed by atoms with E-state index in [0.29, 0.717) is 12.8 Å². The normalized spacial score (nSPS) is 22.1. The Bertz CT molecular complexity index is 549. The summed E-state index contributed by atoms with van der Waals surface area (Å²) in [5.74, 6) is -0.945. The van der Waals surface area contributed by atoms with Crippen molar-refractivity contribution < 1.29 is 17.9 Å². The van der Waals surface area contributed by atoms with E-state index in [1.54, 1.807) is 0 Å². The van der Waals surface area contributed by atoms with Gasteiger partial charge in [-0.3, -0.25) is 0 Å². The number of piperidine rings is 1. The standard InChI is InChI=1S/C11H13ClFNO3S/c12-9-4-1-5-10(11(9)13)18(16,17)14-6-2-3-8(15)7-14/h1,4-5,8,15H,2-3,6-7H2. The number of aliphatic hydroxyl groups excluding tert-OH is 1. The van der Waals surface area contributed by atoms with Gasteiger partial charge in [-0.1, -0.05) is 17.7 Å². The van der Waals surface area contributed by atoms with Crippen LogP contribution < -0.4 is 0 Å². The number of rotatable bonds is 2. The van der Waals surface area contributed by atoms with Crippen LogP contribution in [0.1, 0.15) is 12.8 Å². The summed E-state index contributed by atoms with van der Waals surface area (Å²) < 4.78 is 39.3. The Morgan fingerprint density at radius 3 is 2.83 bits per heavy atom. The van der Waals surface area contributed by atoms with Gasteiger partial charge in [0.25, 0.3) is 0 Å². The smallest absolute Gasteiger partial charge is 0.246 e. The molecule has 1 aromatic carbocycles. The topological polar surface area (TPSA) is 57.6 Å². The maximum absolute atomic E-state index is 13.7. The van der Waals surface area contributed by atoms with Crippen molar-refractivity contribution in [2.24, 2.45) is 0 Å². The van der Waals surface area contributed by atoms with Crippen LogP contribution in [0.15, 0.2) is 23.1 Å². The number of β-amino-alcohol motifs (C(OH)–C–C–N with tert-alkyl or cyclic N) is 1. The van der Waals surface area contributed by atoms with Crippen molar-refractivity contribution in [3.63, 3.8) is 0 Å². The molecule has 1 unspecified atom stereocenters. The predicted octanol–water partition coefficient (Wildman–Crippen LogP) is 1.62. The highest BCUT2D eigenvalue weighted by molar-refractivity contribution is 7.89. The maximum atomic E-state index is 13.7. The monoisotopic (exact) mass is 293 g/mol. The average molecular weight is 294 g/mol. The first-order chi connectivity index (χ1) is 8.43. The molecule has 1 atom stereocenters. The van der Waals surface area contributed by atoms with Crippen LogP contribution in [-0.2, 0) is 10.0 Å². The summed E-state index contributed by atoms with van der Waals surface area (Å²) in [6.07, 6.45) is 0.419. The quantitative estimate of drug-likeness (QED) is 0.901. The van der Waals surface area contributed by atoms with E-state index < -0.39 is 26.8 Å². The molecule has 0 aliphatic carbocycles. The van der Waals surface area contributed by atoms with Gasteiger partial charge in [0.05, 0.1) is 11.1 Å². The molecule has 0 radical (unpaired) electrons. The summed E-state index contributed by atoms with van der Waals surface area (Å²) in [6, 6.07) is 3.86. The van der Waals surface area contributed by atoms with Crippen LogP contribution in [0, 0.1) is 5.82 Å². The highest BCUT2D eigenvalue weighted by Crippen LogP contribution is 2.26. The van der Waals surface area contributed by atoms with E-state index in [0.717, 1.165) is 4.31 Å². The van der Waals surface area contributed by atoms with Gasteiger partial charge in [-0.05, 0) is 25.0 Å². The van der Waals surface area contributed by atoms with Crippen LogP contribution in [0.4, 0.5) is 4.39 Å². The summed E-state index contributed by atoms with van der Waals surface area (Å²) >= 11 is 5.58. The first kappa shape index (κ1) is 13.7. The van der Waals surface area contributed by atoms with Crippen LogP contribution in [0.25, 0.3) is 0 Å². The van der Waals surface area contributed by atoms with Crippen molar-refractivity contribution in [1.29, 1.82) is 0 Å². The Morgan fingerprint density at radius 2 is 2.17 bits per heavy atom. The van der Waals surface area contributed by atoms with E-state index in [4.69, 9.17) is 11.6 Å². The van der Waals surface area contributed by atoms with Gasteiger partial charge in [0.2, 0.25) is 10.0 Å². The van der Waals surface area contributed by atoms with Crippen molar-refractivity contribution in [2.75, 3.05) is 13.1 Å². The fourth-order valence-electron chi connectivity index (χ4n) is 1.96. The molecule has 1 N–H and O–H groups in total. The Labute approximate surface area is 110 Å². The summed E-state index contributed by atoms with van der Waals surface area (Å²) in [5.41, 5.74) is 0. The highest BCUT2D eigenvalue weighted by Gasteiger charge is 2.31. The molecule has 0 bridgehead atoms. The van der Waals surface area contributed by atoms with E-state index in [9.17, 15) is 17.9 Å². The third kappa shape index (κ3) is 2.51. The Balaban J connectivity index is 2.39. The molecule has 18 heavy (non-hydrogen) atoms. The van der Waals surface area contributed by atoms with Crippen LogP contribution in [0.2, 0.25) is 5.02 Å². The van der Waals surface area contributed by atoms with Crippen LogP contribution in [0.3, 0.4) is 0 Å². The van der Waals surface area contributed by atoms with Crippen LogP contribution >= 0.6 is 11.6 Å². The number of benzene rings is 1. The van der Waals surface area contributed by atoms with Crippen molar-refractivity contribution >= 4 is 21.6 Å². The molecular formula is C11H13ClFNO3S. The Hall–Kier alpha value is -0.690. The molecule has 4 nitrogen and oxygen atoms in total. The van der Waals surface area contributed by atoms with Crippen molar-refractivity contribution in [3.8, 4) is 0 Å². The van der Waals surface area contributed by atoms with Gasteiger partial charge in [0, 0.05) is 13.1 Å². The summed E-state index contributed by atoms with van der Waals surface area (Å²) in [4.78, 5) is -0.441. The SMILES string of the molecule is O=S(=O)(c1cccc(Cl)c1F)N1CCCC(O)C1. The van der Waals surface area contributed by atoms with Crippen molar-refractivity contribution in [3.05, 3.63) is 29.0 Å². The summed E-state index contributed by atoms with van der Waals surface area (Å²) in [5, 5.41) is 9.26. The van der Waals surface area contributed by atoms with E-state index >= 15 is 0 Å². The lowest BCUT2D eigenvalue weighted by atomic mass is 10.1.